The molecular weight excluding hydrogens is 257 g/mol. The Hall–Kier alpha value is -0.740. The van der Waals surface area contributed by atoms with E-state index in [0.717, 1.165) is 0 Å². The molecule has 70 valence electrons. The molecule has 5 heteroatoms. The lowest BCUT2D eigenvalue weighted by Crippen LogP contribution is -2.05. The Balaban J connectivity index is 3.33. The van der Waals surface area contributed by atoms with Crippen molar-refractivity contribution in [2.75, 3.05) is 11.1 Å². The number of aromatic hydroxyl groups is 1. The second-order valence-electron chi connectivity index (χ2n) is 2.41. The monoisotopic (exact) mass is 263 g/mol. The molecule has 0 saturated heterocycles. The van der Waals surface area contributed by atoms with Gasteiger partial charge in [0.15, 0.2) is 5.78 Å². The van der Waals surface area contributed by atoms with E-state index in [4.69, 9.17) is 17.3 Å². The summed E-state index contributed by atoms with van der Waals surface area (Å²) in [6, 6.07) is 2.78. The molecule has 3 nitrogen and oxygen atoms in total. The zero-order chi connectivity index (χ0) is 10.0. The number of phenolic OH excluding ortho intramolecular Hbond substituents is 1. The fourth-order valence-corrected chi connectivity index (χ4v) is 1.38. The molecule has 1 rings (SSSR count). The zero-order valence-electron chi connectivity index (χ0n) is 6.55. The van der Waals surface area contributed by atoms with E-state index in [1.165, 1.54) is 12.1 Å². The maximum atomic E-state index is 11.3. The molecule has 1 aromatic carbocycles. The van der Waals surface area contributed by atoms with Crippen LogP contribution in [0.1, 0.15) is 10.4 Å². The summed E-state index contributed by atoms with van der Waals surface area (Å²) in [6.07, 6.45) is 0. The van der Waals surface area contributed by atoms with Gasteiger partial charge in [-0.25, -0.2) is 0 Å². The highest BCUT2D eigenvalue weighted by Crippen LogP contribution is 2.30. The summed E-state index contributed by atoms with van der Waals surface area (Å²) >= 11 is 8.67. The maximum absolute atomic E-state index is 11.3. The number of ketones is 1. The Morgan fingerprint density at radius 1 is 1.62 bits per heavy atom. The lowest BCUT2D eigenvalue weighted by Gasteiger charge is -2.06. The van der Waals surface area contributed by atoms with Gasteiger partial charge in [-0.15, -0.1) is 0 Å². The predicted molar refractivity (Wildman–Crippen MR) is 55.7 cm³/mol. The number of Topliss-reactive ketones (excluding diaryl/α,β-unsaturated/α-hetero) is 1. The summed E-state index contributed by atoms with van der Waals surface area (Å²) in [5.74, 6) is -0.441. The van der Waals surface area contributed by atoms with E-state index < -0.39 is 0 Å². The third kappa shape index (κ3) is 1.95. The number of carbonyl (C=O) groups is 1. The van der Waals surface area contributed by atoms with Crippen molar-refractivity contribution < 1.29 is 9.90 Å². The third-order valence-electron chi connectivity index (χ3n) is 1.57. The van der Waals surface area contributed by atoms with Crippen LogP contribution in [0.4, 0.5) is 5.69 Å². The van der Waals surface area contributed by atoms with Crippen LogP contribution in [-0.2, 0) is 0 Å². The van der Waals surface area contributed by atoms with Crippen LogP contribution < -0.4 is 5.73 Å². The van der Waals surface area contributed by atoms with Crippen molar-refractivity contribution in [2.45, 2.75) is 0 Å². The van der Waals surface area contributed by atoms with Crippen molar-refractivity contribution in [3.8, 4) is 5.75 Å². The average molecular weight is 265 g/mol. The summed E-state index contributed by atoms with van der Waals surface area (Å²) in [5.41, 5.74) is 5.72. The number of nitrogens with two attached hydrogens (primary N) is 1. The van der Waals surface area contributed by atoms with Crippen molar-refractivity contribution in [1.82, 2.24) is 0 Å². The van der Waals surface area contributed by atoms with Crippen LogP contribution in [0.2, 0.25) is 5.02 Å². The van der Waals surface area contributed by atoms with Gasteiger partial charge in [0.1, 0.15) is 5.75 Å². The number of phenols is 1. The standard InChI is InChI=1S/C8H7BrClNO2/c9-3-6(13)7-5(12)2-1-4(10)8(7)11/h1-2,12H,3,11H2. The number of anilines is 1. The van der Waals surface area contributed by atoms with E-state index in [0.29, 0.717) is 0 Å². The highest BCUT2D eigenvalue weighted by atomic mass is 79.9. The predicted octanol–water partition coefficient (Wildman–Crippen LogP) is 2.21. The molecule has 0 radical (unpaired) electrons. The van der Waals surface area contributed by atoms with Gasteiger partial charge in [-0.05, 0) is 12.1 Å². The van der Waals surface area contributed by atoms with Gasteiger partial charge in [-0.2, -0.15) is 0 Å². The van der Waals surface area contributed by atoms with Gasteiger partial charge in [0, 0.05) is 0 Å². The Labute approximate surface area is 88.6 Å². The largest absolute Gasteiger partial charge is 0.507 e. The summed E-state index contributed by atoms with van der Waals surface area (Å²) < 4.78 is 0. The van der Waals surface area contributed by atoms with E-state index in [2.05, 4.69) is 15.9 Å². The third-order valence-corrected chi connectivity index (χ3v) is 2.41. The molecule has 0 fully saturated rings. The molecule has 0 unspecified atom stereocenters. The van der Waals surface area contributed by atoms with E-state index in [1.54, 1.807) is 0 Å². The van der Waals surface area contributed by atoms with Crippen molar-refractivity contribution in [1.29, 1.82) is 0 Å². The summed E-state index contributed by atoms with van der Waals surface area (Å²) in [6.45, 7) is 0. The molecule has 0 heterocycles. The van der Waals surface area contributed by atoms with E-state index in [1.807, 2.05) is 0 Å². The molecule has 3 N–H and O–H groups in total. The lowest BCUT2D eigenvalue weighted by atomic mass is 10.1. The number of rotatable bonds is 2. The second kappa shape index (κ2) is 3.98. The van der Waals surface area contributed by atoms with Crippen LogP contribution in [0.25, 0.3) is 0 Å². The molecule has 0 aromatic heterocycles. The van der Waals surface area contributed by atoms with Gasteiger partial charge in [-0.3, -0.25) is 4.79 Å². The van der Waals surface area contributed by atoms with Crippen molar-refractivity contribution in [3.63, 3.8) is 0 Å². The SMILES string of the molecule is Nc1c(Cl)ccc(O)c1C(=O)CBr. The number of nitrogen functional groups attached to an aromatic ring is 1. The van der Waals surface area contributed by atoms with Crippen molar-refractivity contribution in [3.05, 3.63) is 22.7 Å². The molecule has 0 aliphatic carbocycles. The highest BCUT2D eigenvalue weighted by molar-refractivity contribution is 9.09. The number of benzene rings is 1. The Kier molecular flexibility index (Phi) is 3.17. The number of halogens is 2. The van der Waals surface area contributed by atoms with Gasteiger partial charge < -0.3 is 10.8 Å². The zero-order valence-corrected chi connectivity index (χ0v) is 8.89. The molecular formula is C8H7BrClNO2. The molecule has 0 aliphatic heterocycles. The molecule has 0 saturated carbocycles. The number of hydrogen-bond donors (Lipinski definition) is 2. The van der Waals surface area contributed by atoms with Crippen LogP contribution in [0.3, 0.4) is 0 Å². The van der Waals surface area contributed by atoms with Crippen LogP contribution in [0, 0.1) is 0 Å². The van der Waals surface area contributed by atoms with Crippen LogP contribution in [0.15, 0.2) is 12.1 Å². The number of carbonyl (C=O) groups excluding carboxylic acids is 1. The van der Waals surface area contributed by atoms with Crippen LogP contribution in [0.5, 0.6) is 5.75 Å². The summed E-state index contributed by atoms with van der Waals surface area (Å²) in [7, 11) is 0. The molecule has 0 spiro atoms. The molecule has 0 bridgehead atoms. The first-order valence-electron chi connectivity index (χ1n) is 3.44. The molecule has 0 amide bonds. The fraction of sp³-hybridized carbons (Fsp3) is 0.125. The smallest absolute Gasteiger partial charge is 0.179 e. The summed E-state index contributed by atoms with van der Waals surface area (Å²) in [4.78, 5) is 11.3. The average Bonchev–Trinajstić information content (AvgIpc) is 2.12. The quantitative estimate of drug-likeness (QED) is 0.489. The Morgan fingerprint density at radius 3 is 2.77 bits per heavy atom. The number of hydrogen-bond acceptors (Lipinski definition) is 3. The first-order chi connectivity index (χ1) is 6.07. The van der Waals surface area contributed by atoms with Gasteiger partial charge in [-0.1, -0.05) is 27.5 Å². The first-order valence-corrected chi connectivity index (χ1v) is 4.94. The van der Waals surface area contributed by atoms with Gasteiger partial charge >= 0.3 is 0 Å². The van der Waals surface area contributed by atoms with Crippen LogP contribution in [-0.4, -0.2) is 16.2 Å². The van der Waals surface area contributed by atoms with Gasteiger partial charge in [0.05, 0.1) is 21.6 Å². The summed E-state index contributed by atoms with van der Waals surface area (Å²) in [5, 5.41) is 9.71. The van der Waals surface area contributed by atoms with Crippen LogP contribution >= 0.6 is 27.5 Å². The van der Waals surface area contributed by atoms with Gasteiger partial charge in [0.2, 0.25) is 0 Å². The number of alkyl halides is 1. The van der Waals surface area contributed by atoms with Gasteiger partial charge in [0.25, 0.3) is 0 Å². The minimum absolute atomic E-state index is 0.0735. The highest BCUT2D eigenvalue weighted by Gasteiger charge is 2.15. The Morgan fingerprint density at radius 2 is 2.23 bits per heavy atom. The maximum Gasteiger partial charge on any atom is 0.179 e. The van der Waals surface area contributed by atoms with Crippen molar-refractivity contribution in [2.24, 2.45) is 0 Å². The van der Waals surface area contributed by atoms with E-state index in [9.17, 15) is 9.90 Å². The fourth-order valence-electron chi connectivity index (χ4n) is 0.942. The minimum atomic E-state index is -0.294. The van der Waals surface area contributed by atoms with Crippen molar-refractivity contribution >= 4 is 39.0 Å². The topological polar surface area (TPSA) is 63.3 Å². The second-order valence-corrected chi connectivity index (χ2v) is 3.38. The molecule has 1 aromatic rings. The molecule has 0 aliphatic rings. The normalized spacial score (nSPS) is 10.0. The first kappa shape index (κ1) is 10.3. The molecule has 13 heavy (non-hydrogen) atoms. The van der Waals surface area contributed by atoms with E-state index >= 15 is 0 Å². The van der Waals surface area contributed by atoms with E-state index in [-0.39, 0.29) is 33.1 Å². The lowest BCUT2D eigenvalue weighted by molar-refractivity contribution is 0.102. The Bertz CT molecular complexity index is 354. The molecule has 0 atom stereocenters. The minimum Gasteiger partial charge on any atom is -0.507 e.